The predicted molar refractivity (Wildman–Crippen MR) is 123 cm³/mol. The zero-order valence-electron chi connectivity index (χ0n) is 19.2. The molecule has 0 aliphatic carbocycles. The van der Waals surface area contributed by atoms with Gasteiger partial charge >= 0.3 is 6.16 Å². The number of ether oxygens (including phenoxy) is 3. The molecular weight excluding hydrogens is 424 g/mol. The molecule has 1 fully saturated rings. The van der Waals surface area contributed by atoms with E-state index in [1.807, 2.05) is 16.8 Å². The number of hydrogen-bond acceptors (Lipinski definition) is 7. The molecule has 4 rings (SSSR count). The molecule has 2 aromatic carbocycles. The lowest BCUT2D eigenvalue weighted by atomic mass is 10.0. The van der Waals surface area contributed by atoms with Gasteiger partial charge in [0.25, 0.3) is 0 Å². The Morgan fingerprint density at radius 2 is 1.94 bits per heavy atom. The van der Waals surface area contributed by atoms with Crippen LogP contribution in [0.5, 0.6) is 17.2 Å². The molecule has 176 valence electrons. The number of piperidine rings is 1. The highest BCUT2D eigenvalue weighted by atomic mass is 16.7. The minimum Gasteiger partial charge on any atom is -0.493 e. The van der Waals surface area contributed by atoms with E-state index in [0.717, 1.165) is 49.5 Å². The standard InChI is InChI=1S/C24H30N4O5/c1-16(2)15-32-23-12-17(4-7-22(23)31-3)14-27-10-8-18(9-11-27)28-21-6-5-19(33-24(29)30)13-20(21)25-26-28/h4-7,12-13,16,18H,8-11,14-15H2,1-3H3,(H,29,30). The van der Waals surface area contributed by atoms with Crippen LogP contribution in [0.2, 0.25) is 0 Å². The largest absolute Gasteiger partial charge is 0.511 e. The number of hydrogen-bond donors (Lipinski definition) is 1. The summed E-state index contributed by atoms with van der Waals surface area (Å²) in [5.74, 6) is 2.24. The van der Waals surface area contributed by atoms with Crippen molar-refractivity contribution < 1.29 is 24.1 Å². The average Bonchev–Trinajstić information content (AvgIpc) is 3.21. The third-order valence-electron chi connectivity index (χ3n) is 5.76. The third-order valence-corrected chi connectivity index (χ3v) is 5.76. The van der Waals surface area contributed by atoms with Gasteiger partial charge in [0.15, 0.2) is 11.5 Å². The molecule has 3 aromatic rings. The van der Waals surface area contributed by atoms with Crippen LogP contribution < -0.4 is 14.2 Å². The van der Waals surface area contributed by atoms with Crippen molar-refractivity contribution in [3.8, 4) is 17.2 Å². The van der Waals surface area contributed by atoms with Crippen molar-refractivity contribution in [2.45, 2.75) is 39.3 Å². The van der Waals surface area contributed by atoms with Crippen LogP contribution in [-0.4, -0.2) is 58.0 Å². The summed E-state index contributed by atoms with van der Waals surface area (Å²) in [5, 5.41) is 17.3. The third kappa shape index (κ3) is 5.54. The summed E-state index contributed by atoms with van der Waals surface area (Å²) in [6, 6.07) is 11.4. The molecule has 2 heterocycles. The van der Waals surface area contributed by atoms with Crippen LogP contribution in [0.25, 0.3) is 11.0 Å². The average molecular weight is 455 g/mol. The summed E-state index contributed by atoms with van der Waals surface area (Å²) < 4.78 is 18.1. The van der Waals surface area contributed by atoms with Gasteiger partial charge in [-0.15, -0.1) is 5.10 Å². The molecular formula is C24H30N4O5. The number of carbonyl (C=O) groups is 1. The number of nitrogens with zero attached hydrogens (tertiary/aromatic N) is 4. The number of carboxylic acid groups (broad SMARTS) is 1. The SMILES string of the molecule is COc1ccc(CN2CCC(n3nnc4cc(OC(=O)O)ccc43)CC2)cc1OCC(C)C. The minimum absolute atomic E-state index is 0.244. The minimum atomic E-state index is -1.34. The first-order valence-electron chi connectivity index (χ1n) is 11.2. The van der Waals surface area contributed by atoms with E-state index in [4.69, 9.17) is 19.3 Å². The zero-order valence-corrected chi connectivity index (χ0v) is 19.2. The molecule has 33 heavy (non-hydrogen) atoms. The van der Waals surface area contributed by atoms with E-state index in [1.165, 1.54) is 5.56 Å². The molecule has 0 saturated carbocycles. The Morgan fingerprint density at radius 3 is 2.64 bits per heavy atom. The summed E-state index contributed by atoms with van der Waals surface area (Å²) >= 11 is 0. The van der Waals surface area contributed by atoms with Crippen LogP contribution in [-0.2, 0) is 6.54 Å². The number of fused-ring (bicyclic) bond motifs is 1. The number of likely N-dealkylation sites (tertiary alicyclic amines) is 1. The molecule has 0 bridgehead atoms. The summed E-state index contributed by atoms with van der Waals surface area (Å²) in [7, 11) is 1.66. The Labute approximate surface area is 192 Å². The van der Waals surface area contributed by atoms with Crippen LogP contribution in [0.3, 0.4) is 0 Å². The van der Waals surface area contributed by atoms with Crippen LogP contribution in [0.15, 0.2) is 36.4 Å². The Morgan fingerprint density at radius 1 is 1.15 bits per heavy atom. The topological polar surface area (TPSA) is 98.9 Å². The Bertz CT molecular complexity index is 1110. The first kappa shape index (κ1) is 22.8. The molecule has 0 amide bonds. The molecule has 0 radical (unpaired) electrons. The second-order valence-corrected chi connectivity index (χ2v) is 8.75. The van der Waals surface area contributed by atoms with E-state index in [2.05, 4.69) is 41.2 Å². The molecule has 1 saturated heterocycles. The maximum absolute atomic E-state index is 10.7. The monoisotopic (exact) mass is 454 g/mol. The van der Waals surface area contributed by atoms with Gasteiger partial charge in [-0.3, -0.25) is 4.90 Å². The van der Waals surface area contributed by atoms with Crippen molar-refractivity contribution >= 4 is 17.2 Å². The highest BCUT2D eigenvalue weighted by molar-refractivity contribution is 5.77. The molecule has 0 spiro atoms. The van der Waals surface area contributed by atoms with Crippen molar-refractivity contribution in [1.82, 2.24) is 19.9 Å². The van der Waals surface area contributed by atoms with Gasteiger partial charge in [-0.1, -0.05) is 25.1 Å². The van der Waals surface area contributed by atoms with Crippen LogP contribution in [0.1, 0.15) is 38.3 Å². The number of benzene rings is 2. The number of aromatic nitrogens is 3. The normalized spacial score (nSPS) is 15.2. The smallest absolute Gasteiger partial charge is 0.493 e. The lowest BCUT2D eigenvalue weighted by Crippen LogP contribution is -2.34. The summed E-state index contributed by atoms with van der Waals surface area (Å²) in [5.41, 5.74) is 2.71. The van der Waals surface area contributed by atoms with Gasteiger partial charge < -0.3 is 19.3 Å². The van der Waals surface area contributed by atoms with Crippen LogP contribution in [0, 0.1) is 5.92 Å². The highest BCUT2D eigenvalue weighted by Gasteiger charge is 2.23. The Kier molecular flexibility index (Phi) is 6.98. The molecule has 1 aliphatic rings. The predicted octanol–water partition coefficient (Wildman–Crippen LogP) is 4.37. The van der Waals surface area contributed by atoms with Gasteiger partial charge in [0, 0.05) is 25.7 Å². The van der Waals surface area contributed by atoms with E-state index >= 15 is 0 Å². The van der Waals surface area contributed by atoms with Gasteiger partial charge in [0.05, 0.1) is 25.3 Å². The second-order valence-electron chi connectivity index (χ2n) is 8.75. The molecule has 9 heteroatoms. The van der Waals surface area contributed by atoms with Gasteiger partial charge in [0.2, 0.25) is 0 Å². The molecule has 0 atom stereocenters. The first-order chi connectivity index (χ1) is 15.9. The fraction of sp³-hybridized carbons (Fsp3) is 0.458. The van der Waals surface area contributed by atoms with E-state index in [0.29, 0.717) is 18.0 Å². The fourth-order valence-electron chi connectivity index (χ4n) is 4.12. The van der Waals surface area contributed by atoms with Crippen molar-refractivity contribution in [2.24, 2.45) is 5.92 Å². The quantitative estimate of drug-likeness (QED) is 0.396. The first-order valence-corrected chi connectivity index (χ1v) is 11.2. The summed E-state index contributed by atoms with van der Waals surface area (Å²) in [4.78, 5) is 13.2. The van der Waals surface area contributed by atoms with Gasteiger partial charge in [-0.05, 0) is 48.6 Å². The Hall–Kier alpha value is -3.33. The van der Waals surface area contributed by atoms with Crippen molar-refractivity contribution in [1.29, 1.82) is 0 Å². The van der Waals surface area contributed by atoms with E-state index in [1.54, 1.807) is 19.2 Å². The van der Waals surface area contributed by atoms with E-state index in [9.17, 15) is 4.79 Å². The van der Waals surface area contributed by atoms with Crippen LogP contribution in [0.4, 0.5) is 4.79 Å². The van der Waals surface area contributed by atoms with Gasteiger partial charge in [-0.25, -0.2) is 9.48 Å². The maximum Gasteiger partial charge on any atom is 0.511 e. The van der Waals surface area contributed by atoms with Crippen molar-refractivity contribution in [2.75, 3.05) is 26.8 Å². The van der Waals surface area contributed by atoms with E-state index < -0.39 is 6.16 Å². The number of methoxy groups -OCH3 is 1. The van der Waals surface area contributed by atoms with Crippen LogP contribution >= 0.6 is 0 Å². The highest BCUT2D eigenvalue weighted by Crippen LogP contribution is 2.31. The molecule has 1 aromatic heterocycles. The van der Waals surface area contributed by atoms with Gasteiger partial charge in [0.1, 0.15) is 11.3 Å². The lowest BCUT2D eigenvalue weighted by molar-refractivity contribution is 0.144. The maximum atomic E-state index is 10.7. The van der Waals surface area contributed by atoms with Crippen molar-refractivity contribution in [3.63, 3.8) is 0 Å². The molecule has 9 nitrogen and oxygen atoms in total. The summed E-state index contributed by atoms with van der Waals surface area (Å²) in [6.45, 7) is 7.65. The Balaban J connectivity index is 1.38. The summed E-state index contributed by atoms with van der Waals surface area (Å²) in [6.07, 6.45) is 0.571. The zero-order chi connectivity index (χ0) is 23.4. The molecule has 0 unspecified atom stereocenters. The molecule has 1 aliphatic heterocycles. The second kappa shape index (κ2) is 10.1. The van der Waals surface area contributed by atoms with Crippen molar-refractivity contribution in [3.05, 3.63) is 42.0 Å². The van der Waals surface area contributed by atoms with E-state index in [-0.39, 0.29) is 11.8 Å². The lowest BCUT2D eigenvalue weighted by Gasteiger charge is -2.32. The van der Waals surface area contributed by atoms with Gasteiger partial charge in [-0.2, -0.15) is 0 Å². The number of rotatable bonds is 8. The molecule has 1 N–H and O–H groups in total. The fourth-order valence-corrected chi connectivity index (χ4v) is 4.12.